The van der Waals surface area contributed by atoms with Crippen molar-refractivity contribution in [3.8, 4) is 0 Å². The molecule has 3 N–H and O–H groups in total. The predicted molar refractivity (Wildman–Crippen MR) is 84.3 cm³/mol. The number of benzene rings is 2. The van der Waals surface area contributed by atoms with E-state index in [0.29, 0.717) is 0 Å². The quantitative estimate of drug-likeness (QED) is 0.807. The van der Waals surface area contributed by atoms with Crippen LogP contribution in [0.15, 0.2) is 48.5 Å². The van der Waals surface area contributed by atoms with Gasteiger partial charge in [-0.05, 0) is 36.6 Å². The summed E-state index contributed by atoms with van der Waals surface area (Å²) in [5.41, 5.74) is 3.80. The number of aliphatic hydroxyl groups excluding tert-OH is 1. The first-order chi connectivity index (χ1) is 10.1. The van der Waals surface area contributed by atoms with Crippen LogP contribution in [-0.4, -0.2) is 17.7 Å². The van der Waals surface area contributed by atoms with Gasteiger partial charge in [-0.1, -0.05) is 42.5 Å². The monoisotopic (exact) mass is 284 g/mol. The largest absolute Gasteiger partial charge is 0.394 e. The molecular formula is C17H20N2O2. The van der Waals surface area contributed by atoms with E-state index in [1.165, 1.54) is 0 Å². The topological polar surface area (TPSA) is 61.4 Å². The van der Waals surface area contributed by atoms with Gasteiger partial charge in [0.25, 0.3) is 0 Å². The lowest BCUT2D eigenvalue weighted by Crippen LogP contribution is -2.34. The third kappa shape index (κ3) is 3.83. The molecule has 21 heavy (non-hydrogen) atoms. The van der Waals surface area contributed by atoms with Gasteiger partial charge in [-0.3, -0.25) is 0 Å². The van der Waals surface area contributed by atoms with Crippen LogP contribution in [0.5, 0.6) is 0 Å². The summed E-state index contributed by atoms with van der Waals surface area (Å²) in [4.78, 5) is 12.1. The number of aliphatic hydroxyl groups is 1. The van der Waals surface area contributed by atoms with Gasteiger partial charge in [-0.25, -0.2) is 4.79 Å². The summed E-state index contributed by atoms with van der Waals surface area (Å²) >= 11 is 0. The summed E-state index contributed by atoms with van der Waals surface area (Å²) in [7, 11) is 0. The average molecular weight is 284 g/mol. The van der Waals surface area contributed by atoms with Crippen LogP contribution >= 0.6 is 0 Å². The fourth-order valence-electron chi connectivity index (χ4n) is 2.12. The maximum absolute atomic E-state index is 12.1. The normalized spacial score (nSPS) is 11.8. The maximum Gasteiger partial charge on any atom is 0.319 e. The lowest BCUT2D eigenvalue weighted by molar-refractivity contribution is 0.225. The zero-order valence-electron chi connectivity index (χ0n) is 12.3. The second-order valence-electron chi connectivity index (χ2n) is 4.99. The van der Waals surface area contributed by atoms with Crippen molar-refractivity contribution in [2.45, 2.75) is 19.9 Å². The SMILES string of the molecule is Cc1cccc(NC(=O)NC(CO)c2ccccc2)c1C. The number of hydrogen-bond donors (Lipinski definition) is 3. The van der Waals surface area contributed by atoms with E-state index in [0.717, 1.165) is 22.4 Å². The zero-order valence-corrected chi connectivity index (χ0v) is 12.3. The molecule has 0 bridgehead atoms. The van der Waals surface area contributed by atoms with Gasteiger partial charge < -0.3 is 15.7 Å². The summed E-state index contributed by atoms with van der Waals surface area (Å²) in [5.74, 6) is 0. The summed E-state index contributed by atoms with van der Waals surface area (Å²) in [5, 5.41) is 15.1. The standard InChI is InChI=1S/C17H20N2O2/c1-12-7-6-10-15(13(12)2)18-17(21)19-16(11-20)14-8-4-3-5-9-14/h3-10,16,20H,11H2,1-2H3,(H2,18,19,21). The molecule has 1 unspecified atom stereocenters. The maximum atomic E-state index is 12.1. The predicted octanol–water partition coefficient (Wildman–Crippen LogP) is 3.16. The third-order valence-corrected chi connectivity index (χ3v) is 3.54. The fourth-order valence-corrected chi connectivity index (χ4v) is 2.12. The van der Waals surface area contributed by atoms with E-state index in [4.69, 9.17) is 0 Å². The molecule has 0 aliphatic rings. The minimum absolute atomic E-state index is 0.149. The molecule has 0 aliphatic heterocycles. The van der Waals surface area contributed by atoms with Crippen LogP contribution in [0.3, 0.4) is 0 Å². The van der Waals surface area contributed by atoms with Crippen molar-refractivity contribution in [2.24, 2.45) is 0 Å². The molecule has 2 aromatic rings. The van der Waals surface area contributed by atoms with E-state index in [2.05, 4.69) is 10.6 Å². The number of rotatable bonds is 4. The molecular weight excluding hydrogens is 264 g/mol. The van der Waals surface area contributed by atoms with Crippen molar-refractivity contribution in [2.75, 3.05) is 11.9 Å². The molecule has 0 saturated heterocycles. The molecule has 110 valence electrons. The van der Waals surface area contributed by atoms with Gasteiger partial charge in [-0.2, -0.15) is 0 Å². The highest BCUT2D eigenvalue weighted by Gasteiger charge is 2.14. The Labute approximate surface area is 124 Å². The van der Waals surface area contributed by atoms with Gasteiger partial charge in [0.05, 0.1) is 12.6 Å². The molecule has 2 amide bonds. The number of hydrogen-bond acceptors (Lipinski definition) is 2. The Hall–Kier alpha value is -2.33. The van der Waals surface area contributed by atoms with Gasteiger partial charge in [0.2, 0.25) is 0 Å². The molecule has 2 rings (SSSR count). The van der Waals surface area contributed by atoms with Gasteiger partial charge in [0.15, 0.2) is 0 Å². The fraction of sp³-hybridized carbons (Fsp3) is 0.235. The van der Waals surface area contributed by atoms with Gasteiger partial charge >= 0.3 is 6.03 Å². The van der Waals surface area contributed by atoms with Gasteiger partial charge in [0.1, 0.15) is 0 Å². The molecule has 1 atom stereocenters. The van der Waals surface area contributed by atoms with E-state index in [1.807, 2.05) is 62.4 Å². The Morgan fingerprint density at radius 2 is 1.81 bits per heavy atom. The number of amides is 2. The summed E-state index contributed by atoms with van der Waals surface area (Å²) in [6, 6.07) is 14.4. The van der Waals surface area contributed by atoms with E-state index in [-0.39, 0.29) is 12.6 Å². The zero-order chi connectivity index (χ0) is 15.2. The Kier molecular flexibility index (Phi) is 4.95. The molecule has 0 heterocycles. The highest BCUT2D eigenvalue weighted by molar-refractivity contribution is 5.90. The number of aryl methyl sites for hydroxylation is 1. The first kappa shape index (κ1) is 15.1. The van der Waals surface area contributed by atoms with Crippen LogP contribution in [0.1, 0.15) is 22.7 Å². The minimum Gasteiger partial charge on any atom is -0.394 e. The Morgan fingerprint density at radius 3 is 2.48 bits per heavy atom. The number of carbonyl (C=O) groups excluding carboxylic acids is 1. The molecule has 0 radical (unpaired) electrons. The first-order valence-corrected chi connectivity index (χ1v) is 6.91. The Morgan fingerprint density at radius 1 is 1.10 bits per heavy atom. The molecule has 0 aliphatic carbocycles. The molecule has 4 heteroatoms. The van der Waals surface area contributed by atoms with Crippen molar-refractivity contribution in [1.82, 2.24) is 5.32 Å². The lowest BCUT2D eigenvalue weighted by Gasteiger charge is -2.18. The Bertz CT molecular complexity index is 611. The minimum atomic E-state index is -0.420. The van der Waals surface area contributed by atoms with Crippen molar-refractivity contribution < 1.29 is 9.90 Å². The Balaban J connectivity index is 2.05. The second kappa shape index (κ2) is 6.90. The molecule has 4 nitrogen and oxygen atoms in total. The third-order valence-electron chi connectivity index (χ3n) is 3.54. The molecule has 2 aromatic carbocycles. The average Bonchev–Trinajstić information content (AvgIpc) is 2.50. The number of urea groups is 1. The second-order valence-corrected chi connectivity index (χ2v) is 4.99. The molecule has 0 fully saturated rings. The van der Waals surface area contributed by atoms with Crippen LogP contribution in [0, 0.1) is 13.8 Å². The summed E-state index contributed by atoms with van der Waals surface area (Å²) < 4.78 is 0. The van der Waals surface area contributed by atoms with Crippen LogP contribution in [-0.2, 0) is 0 Å². The summed E-state index contributed by atoms with van der Waals surface area (Å²) in [6.45, 7) is 3.81. The van der Waals surface area contributed by atoms with Crippen LogP contribution < -0.4 is 10.6 Å². The van der Waals surface area contributed by atoms with Crippen LogP contribution in [0.25, 0.3) is 0 Å². The van der Waals surface area contributed by atoms with Crippen LogP contribution in [0.4, 0.5) is 10.5 Å². The van der Waals surface area contributed by atoms with E-state index in [1.54, 1.807) is 0 Å². The lowest BCUT2D eigenvalue weighted by atomic mass is 10.1. The van der Waals surface area contributed by atoms with Gasteiger partial charge in [0, 0.05) is 5.69 Å². The number of nitrogens with one attached hydrogen (secondary N) is 2. The van der Waals surface area contributed by atoms with Crippen molar-refractivity contribution in [1.29, 1.82) is 0 Å². The van der Waals surface area contributed by atoms with Crippen molar-refractivity contribution >= 4 is 11.7 Å². The highest BCUT2D eigenvalue weighted by atomic mass is 16.3. The number of carbonyl (C=O) groups is 1. The smallest absolute Gasteiger partial charge is 0.319 e. The van der Waals surface area contributed by atoms with Gasteiger partial charge in [-0.15, -0.1) is 0 Å². The first-order valence-electron chi connectivity index (χ1n) is 6.91. The molecule has 0 saturated carbocycles. The van der Waals surface area contributed by atoms with E-state index in [9.17, 15) is 9.90 Å². The highest BCUT2D eigenvalue weighted by Crippen LogP contribution is 2.18. The van der Waals surface area contributed by atoms with Crippen molar-refractivity contribution in [3.63, 3.8) is 0 Å². The molecule has 0 spiro atoms. The number of anilines is 1. The molecule has 0 aromatic heterocycles. The van der Waals surface area contributed by atoms with E-state index < -0.39 is 6.04 Å². The summed E-state index contributed by atoms with van der Waals surface area (Å²) in [6.07, 6.45) is 0. The van der Waals surface area contributed by atoms with Crippen LogP contribution in [0.2, 0.25) is 0 Å². The van der Waals surface area contributed by atoms with Crippen molar-refractivity contribution in [3.05, 3.63) is 65.2 Å². The van der Waals surface area contributed by atoms with E-state index >= 15 is 0 Å².